The number of nitrogens with zero attached hydrogens (tertiary/aromatic N) is 10. The third-order valence-corrected chi connectivity index (χ3v) is 4.83. The predicted molar refractivity (Wildman–Crippen MR) is 122 cm³/mol. The van der Waals surface area contributed by atoms with Gasteiger partial charge in [0.2, 0.25) is 0 Å². The first-order valence-electron chi connectivity index (χ1n) is 9.82. The average molecular weight is 546 g/mol. The van der Waals surface area contributed by atoms with E-state index in [1.807, 2.05) is 0 Å². The first-order valence-corrected chi connectivity index (χ1v) is 9.82. The zero-order valence-electron chi connectivity index (χ0n) is 18.8. The maximum Gasteiger partial charge on any atom is 0.307 e. The van der Waals surface area contributed by atoms with Gasteiger partial charge in [0, 0.05) is 24.3 Å². The summed E-state index contributed by atoms with van der Waals surface area (Å²) in [6, 6.07) is 4.99. The molecule has 2 rings (SSSR count). The van der Waals surface area contributed by atoms with E-state index in [1.165, 1.54) is 12.1 Å². The predicted octanol–water partition coefficient (Wildman–Crippen LogP) is 2.15. The van der Waals surface area contributed by atoms with Gasteiger partial charge in [-0.3, -0.25) is 40.5 Å². The molecule has 0 saturated carbocycles. The maximum absolute atomic E-state index is 11.7. The third kappa shape index (κ3) is 5.98. The van der Waals surface area contributed by atoms with Crippen molar-refractivity contribution in [1.29, 1.82) is 10.5 Å². The lowest BCUT2D eigenvalue weighted by Gasteiger charge is -2.17. The number of hydrazine groups is 2. The summed E-state index contributed by atoms with van der Waals surface area (Å²) in [5.41, 5.74) is -8.30. The van der Waals surface area contributed by atoms with Crippen LogP contribution in [0.15, 0.2) is 24.3 Å². The highest BCUT2D eigenvalue weighted by Gasteiger charge is 2.39. The minimum absolute atomic E-state index is 0.0862. The van der Waals surface area contributed by atoms with E-state index < -0.39 is 94.5 Å². The summed E-state index contributed by atoms with van der Waals surface area (Å²) in [7, 11) is 0. The number of hydrogen-bond acceptors (Lipinski definition) is 14. The van der Waals surface area contributed by atoms with Gasteiger partial charge in [0.1, 0.15) is 0 Å². The summed E-state index contributed by atoms with van der Waals surface area (Å²) in [5, 5.41) is 84.5. The molecule has 2 aromatic carbocycles. The van der Waals surface area contributed by atoms with E-state index in [0.717, 1.165) is 0 Å². The van der Waals surface area contributed by atoms with Crippen molar-refractivity contribution in [3.63, 3.8) is 0 Å². The zero-order chi connectivity index (χ0) is 29.6. The molecule has 0 aliphatic heterocycles. The van der Waals surface area contributed by atoms with Crippen molar-refractivity contribution in [2.75, 3.05) is 23.1 Å². The number of benzene rings is 2. The number of hydrogen-bond donors (Lipinski definition) is 0. The van der Waals surface area contributed by atoms with Gasteiger partial charge in [-0.2, -0.15) is 10.5 Å². The lowest BCUT2D eigenvalue weighted by molar-refractivity contribution is -0.501. The van der Waals surface area contributed by atoms with Crippen LogP contribution in [0.4, 0.5) is 34.1 Å². The average Bonchev–Trinajstić information content (AvgIpc) is 2.86. The molecule has 2 aromatic rings. The first kappa shape index (κ1) is 28.7. The minimum Gasteiger partial charge on any atom is -0.258 e. The van der Waals surface area contributed by atoms with Gasteiger partial charge in [-0.1, -0.05) is 10.0 Å². The van der Waals surface area contributed by atoms with Crippen molar-refractivity contribution < 1.29 is 29.8 Å². The fraction of sp³-hybridized carbons (Fsp3) is 0.176. The molecule has 0 spiro atoms. The molecule has 0 atom stereocenters. The third-order valence-electron chi connectivity index (χ3n) is 4.83. The number of nitro groups is 6. The van der Waals surface area contributed by atoms with Crippen molar-refractivity contribution in [1.82, 2.24) is 0 Å². The highest BCUT2D eigenvalue weighted by atomic mass is 16.7. The molecule has 22 heteroatoms. The van der Waals surface area contributed by atoms with Crippen LogP contribution >= 0.6 is 0 Å². The van der Waals surface area contributed by atoms with Crippen molar-refractivity contribution in [3.05, 3.63) is 96.1 Å². The Balaban J connectivity index is 2.59. The number of anilines is 2. The number of rotatable bonds is 12. The summed E-state index contributed by atoms with van der Waals surface area (Å²) < 4.78 is 0. The summed E-state index contributed by atoms with van der Waals surface area (Å²) in [5.74, 6) is 0. The highest BCUT2D eigenvalue weighted by molar-refractivity contribution is 5.77. The van der Waals surface area contributed by atoms with Crippen LogP contribution in [0.5, 0.6) is 0 Å². The molecule has 0 amide bonds. The van der Waals surface area contributed by atoms with Crippen LogP contribution in [0.3, 0.4) is 0 Å². The van der Waals surface area contributed by atoms with Crippen LogP contribution in [0.2, 0.25) is 0 Å². The molecule has 0 aromatic heterocycles. The van der Waals surface area contributed by atoms with Gasteiger partial charge in [-0.15, -0.1) is 0 Å². The van der Waals surface area contributed by atoms with Crippen LogP contribution < -0.4 is 10.0 Å². The molecule has 0 N–H and O–H groups in total. The SMILES string of the molecule is N#Cc1cc([N+](=O)[O-])c(N(CCCN(c2c([N+](=O)[O-])cc(C#N)cc2[N+](=O)[O-])[N+](=O)[O-])[N+](=O)[O-])c([N+](=O)[O-])c1. The summed E-state index contributed by atoms with van der Waals surface area (Å²) in [4.78, 5) is 64.4. The van der Waals surface area contributed by atoms with Gasteiger partial charge >= 0.3 is 22.7 Å². The lowest BCUT2D eigenvalue weighted by atomic mass is 10.1. The molecule has 0 fully saturated rings. The fourth-order valence-electron chi connectivity index (χ4n) is 3.34. The van der Waals surface area contributed by atoms with Gasteiger partial charge in [-0.05, 0) is 6.42 Å². The van der Waals surface area contributed by atoms with Crippen LogP contribution in [0.1, 0.15) is 17.5 Å². The lowest BCUT2D eigenvalue weighted by Crippen LogP contribution is -2.37. The second-order valence-corrected chi connectivity index (χ2v) is 7.05. The molecule has 0 heterocycles. The number of nitro benzene ring substituents is 4. The Bertz CT molecular complexity index is 1330. The molecule has 39 heavy (non-hydrogen) atoms. The summed E-state index contributed by atoms with van der Waals surface area (Å²) in [6.45, 7) is -2.02. The van der Waals surface area contributed by atoms with E-state index in [4.69, 9.17) is 10.5 Å². The van der Waals surface area contributed by atoms with E-state index in [2.05, 4.69) is 0 Å². The Morgan fingerprint density at radius 2 is 0.821 bits per heavy atom. The van der Waals surface area contributed by atoms with Gasteiger partial charge in [-0.25, -0.2) is 20.2 Å². The topological polar surface area (TPSA) is 313 Å². The van der Waals surface area contributed by atoms with E-state index >= 15 is 0 Å². The Hall–Kier alpha value is -6.58. The highest BCUT2D eigenvalue weighted by Crippen LogP contribution is 2.40. The Morgan fingerprint density at radius 1 is 0.564 bits per heavy atom. The molecule has 22 nitrogen and oxygen atoms in total. The molecule has 0 unspecified atom stereocenters. The van der Waals surface area contributed by atoms with Crippen LogP contribution in [0, 0.1) is 83.3 Å². The fourth-order valence-corrected chi connectivity index (χ4v) is 3.34. The molecule has 0 saturated heterocycles. The normalized spacial score (nSPS) is 10.0. The molecular formula is C17H10N10O12. The minimum atomic E-state index is -1.30. The molecule has 0 aliphatic rings. The number of nitriles is 2. The van der Waals surface area contributed by atoms with Crippen molar-refractivity contribution in [3.8, 4) is 12.1 Å². The van der Waals surface area contributed by atoms with Crippen molar-refractivity contribution in [2.45, 2.75) is 6.42 Å². The van der Waals surface area contributed by atoms with E-state index in [9.17, 15) is 60.7 Å². The first-order chi connectivity index (χ1) is 18.2. The Kier molecular flexibility index (Phi) is 8.40. The van der Waals surface area contributed by atoms with Gasteiger partial charge in [0.15, 0.2) is 10.1 Å². The monoisotopic (exact) mass is 546 g/mol. The van der Waals surface area contributed by atoms with Crippen LogP contribution in [0.25, 0.3) is 0 Å². The Labute approximate surface area is 212 Å². The summed E-state index contributed by atoms with van der Waals surface area (Å²) in [6.07, 6.45) is -0.759. The quantitative estimate of drug-likeness (QED) is 0.272. The molecule has 200 valence electrons. The standard InChI is InChI=1S/C17H10N10O12/c18-8-10-4-12(22(28)29)16(13(5-10)23(30)31)20(26(36)37)2-1-3-21(27(38)39)17-14(24(32)33)6-11(9-19)7-15(17)25(34)35/h4-7H,1-3H2. The van der Waals surface area contributed by atoms with Gasteiger partial charge in [0.25, 0.3) is 11.4 Å². The van der Waals surface area contributed by atoms with Crippen molar-refractivity contribution >= 4 is 34.1 Å². The van der Waals surface area contributed by atoms with E-state index in [-0.39, 0.29) is 10.0 Å². The molecular weight excluding hydrogens is 536 g/mol. The van der Waals surface area contributed by atoms with E-state index in [0.29, 0.717) is 24.3 Å². The Morgan fingerprint density at radius 3 is 1.00 bits per heavy atom. The van der Waals surface area contributed by atoms with E-state index in [1.54, 1.807) is 0 Å². The molecule has 0 bridgehead atoms. The van der Waals surface area contributed by atoms with Crippen LogP contribution in [-0.4, -0.2) is 42.8 Å². The van der Waals surface area contributed by atoms with Gasteiger partial charge in [0.05, 0.1) is 56.0 Å². The second-order valence-electron chi connectivity index (χ2n) is 7.05. The second kappa shape index (κ2) is 11.4. The van der Waals surface area contributed by atoms with Crippen molar-refractivity contribution in [2.24, 2.45) is 0 Å². The smallest absolute Gasteiger partial charge is 0.258 e. The summed E-state index contributed by atoms with van der Waals surface area (Å²) >= 11 is 0. The molecule has 0 aliphatic carbocycles. The maximum atomic E-state index is 11.7. The molecule has 0 radical (unpaired) electrons. The largest absolute Gasteiger partial charge is 0.307 e. The van der Waals surface area contributed by atoms with Gasteiger partial charge < -0.3 is 0 Å². The zero-order valence-corrected chi connectivity index (χ0v) is 18.8. The van der Waals surface area contributed by atoms with Crippen LogP contribution in [-0.2, 0) is 0 Å².